The summed E-state index contributed by atoms with van der Waals surface area (Å²) >= 11 is 0. The van der Waals surface area contributed by atoms with E-state index in [0.29, 0.717) is 18.0 Å². The molecule has 0 aromatic rings. The minimum Gasteiger partial charge on any atom is -0.380 e. The summed E-state index contributed by atoms with van der Waals surface area (Å²) in [5.74, 6) is 0.618. The van der Waals surface area contributed by atoms with Crippen LogP contribution in [0, 0.1) is 5.92 Å². The van der Waals surface area contributed by atoms with E-state index in [9.17, 15) is 0 Å². The molecule has 2 N–H and O–H groups in total. The van der Waals surface area contributed by atoms with Gasteiger partial charge in [-0.05, 0) is 26.2 Å². The number of hydrogen-bond donors (Lipinski definition) is 1. The average Bonchev–Trinajstić information content (AvgIpc) is 2.18. The van der Waals surface area contributed by atoms with E-state index in [1.54, 1.807) is 0 Å². The van der Waals surface area contributed by atoms with Crippen LogP contribution in [0.2, 0.25) is 0 Å². The first kappa shape index (κ1) is 12.0. The summed E-state index contributed by atoms with van der Waals surface area (Å²) in [4.78, 5) is 2.49. The molecule has 0 aromatic carbocycles. The molecule has 1 heterocycles. The number of hydrogen-bond acceptors (Lipinski definition) is 3. The number of rotatable bonds is 4. The Hall–Kier alpha value is -0.120. The summed E-state index contributed by atoms with van der Waals surface area (Å²) in [5.41, 5.74) is 5.98. The van der Waals surface area contributed by atoms with Crippen molar-refractivity contribution in [3.63, 3.8) is 0 Å². The van der Waals surface area contributed by atoms with E-state index in [1.165, 1.54) is 0 Å². The summed E-state index contributed by atoms with van der Waals surface area (Å²) in [6, 6.07) is 0.926. The molecule has 1 rings (SSSR count). The second-order valence-corrected chi connectivity index (χ2v) is 4.43. The Kier molecular flexibility index (Phi) is 4.85. The lowest BCUT2D eigenvalue weighted by Gasteiger charge is -2.38. The Morgan fingerprint density at radius 1 is 1.57 bits per heavy atom. The molecule has 14 heavy (non-hydrogen) atoms. The number of nitrogens with zero attached hydrogens (tertiary/aromatic N) is 1. The van der Waals surface area contributed by atoms with Gasteiger partial charge in [-0.2, -0.15) is 0 Å². The van der Waals surface area contributed by atoms with Crippen molar-refractivity contribution >= 4 is 0 Å². The average molecular weight is 200 g/mol. The lowest BCUT2D eigenvalue weighted by Crippen LogP contribution is -2.50. The van der Waals surface area contributed by atoms with Gasteiger partial charge < -0.3 is 10.5 Å². The maximum atomic E-state index is 5.98. The van der Waals surface area contributed by atoms with Crippen LogP contribution in [-0.4, -0.2) is 43.3 Å². The fourth-order valence-corrected chi connectivity index (χ4v) is 1.99. The van der Waals surface area contributed by atoms with Gasteiger partial charge >= 0.3 is 0 Å². The topological polar surface area (TPSA) is 38.5 Å². The van der Waals surface area contributed by atoms with E-state index in [1.807, 2.05) is 6.92 Å². The first-order valence-corrected chi connectivity index (χ1v) is 5.72. The predicted molar refractivity (Wildman–Crippen MR) is 59.3 cm³/mol. The Morgan fingerprint density at radius 2 is 2.29 bits per heavy atom. The van der Waals surface area contributed by atoms with Crippen molar-refractivity contribution in [2.24, 2.45) is 11.7 Å². The third-order valence-corrected chi connectivity index (χ3v) is 3.19. The van der Waals surface area contributed by atoms with Crippen LogP contribution in [0.5, 0.6) is 0 Å². The van der Waals surface area contributed by atoms with Crippen LogP contribution >= 0.6 is 0 Å². The molecule has 0 amide bonds. The first-order chi connectivity index (χ1) is 6.65. The van der Waals surface area contributed by atoms with Crippen LogP contribution in [0.3, 0.4) is 0 Å². The SMILES string of the molecule is CCOCC(C)N1CCC(N)C(C)C1. The minimum atomic E-state index is 0.394. The smallest absolute Gasteiger partial charge is 0.0618 e. The largest absolute Gasteiger partial charge is 0.380 e. The van der Waals surface area contributed by atoms with E-state index < -0.39 is 0 Å². The number of nitrogens with two attached hydrogens (primary N) is 1. The zero-order valence-corrected chi connectivity index (χ0v) is 9.70. The van der Waals surface area contributed by atoms with Crippen LogP contribution in [0.15, 0.2) is 0 Å². The molecule has 1 aliphatic rings. The van der Waals surface area contributed by atoms with Crippen molar-refractivity contribution in [2.45, 2.75) is 39.3 Å². The third-order valence-electron chi connectivity index (χ3n) is 3.19. The number of likely N-dealkylation sites (tertiary alicyclic amines) is 1. The lowest BCUT2D eigenvalue weighted by molar-refractivity contribution is 0.0480. The van der Waals surface area contributed by atoms with Gasteiger partial charge in [0.05, 0.1) is 6.61 Å². The second-order valence-electron chi connectivity index (χ2n) is 4.43. The normalized spacial score (nSPS) is 31.7. The van der Waals surface area contributed by atoms with Gasteiger partial charge in [0.15, 0.2) is 0 Å². The molecule has 3 nitrogen and oxygen atoms in total. The van der Waals surface area contributed by atoms with E-state index in [-0.39, 0.29) is 0 Å². The van der Waals surface area contributed by atoms with Crippen LogP contribution in [0.4, 0.5) is 0 Å². The highest BCUT2D eigenvalue weighted by Crippen LogP contribution is 2.17. The molecule has 0 spiro atoms. The van der Waals surface area contributed by atoms with E-state index >= 15 is 0 Å². The highest BCUT2D eigenvalue weighted by molar-refractivity contribution is 4.82. The zero-order valence-electron chi connectivity index (χ0n) is 9.70. The van der Waals surface area contributed by atoms with Crippen LogP contribution in [-0.2, 0) is 4.74 Å². The Balaban J connectivity index is 2.30. The van der Waals surface area contributed by atoms with E-state index in [2.05, 4.69) is 18.7 Å². The maximum Gasteiger partial charge on any atom is 0.0618 e. The van der Waals surface area contributed by atoms with Gasteiger partial charge in [-0.25, -0.2) is 0 Å². The highest BCUT2D eigenvalue weighted by atomic mass is 16.5. The summed E-state index contributed by atoms with van der Waals surface area (Å²) < 4.78 is 5.44. The Bertz CT molecular complexity index is 163. The molecular weight excluding hydrogens is 176 g/mol. The highest BCUT2D eigenvalue weighted by Gasteiger charge is 2.25. The monoisotopic (exact) mass is 200 g/mol. The quantitative estimate of drug-likeness (QED) is 0.738. The van der Waals surface area contributed by atoms with Crippen molar-refractivity contribution in [3.05, 3.63) is 0 Å². The molecule has 1 saturated heterocycles. The van der Waals surface area contributed by atoms with Gasteiger partial charge in [0, 0.05) is 31.8 Å². The molecule has 3 heteroatoms. The second kappa shape index (κ2) is 5.69. The van der Waals surface area contributed by atoms with Crippen molar-refractivity contribution in [3.8, 4) is 0 Å². The Morgan fingerprint density at radius 3 is 2.86 bits per heavy atom. The summed E-state index contributed by atoms with van der Waals surface area (Å²) in [6.45, 7) is 10.4. The van der Waals surface area contributed by atoms with Gasteiger partial charge in [0.1, 0.15) is 0 Å². The molecule has 3 atom stereocenters. The molecular formula is C11H24N2O. The predicted octanol–water partition coefficient (Wildman–Crippen LogP) is 1.08. The lowest BCUT2D eigenvalue weighted by atomic mass is 9.94. The molecule has 3 unspecified atom stereocenters. The summed E-state index contributed by atoms with van der Waals surface area (Å²) in [7, 11) is 0. The van der Waals surface area contributed by atoms with Gasteiger partial charge in [0.25, 0.3) is 0 Å². The molecule has 0 saturated carbocycles. The van der Waals surface area contributed by atoms with Gasteiger partial charge in [-0.15, -0.1) is 0 Å². The zero-order chi connectivity index (χ0) is 10.6. The number of ether oxygens (including phenoxy) is 1. The molecule has 1 aliphatic heterocycles. The van der Waals surface area contributed by atoms with Crippen molar-refractivity contribution in [2.75, 3.05) is 26.3 Å². The van der Waals surface area contributed by atoms with Crippen LogP contribution in [0.1, 0.15) is 27.2 Å². The molecule has 1 fully saturated rings. The van der Waals surface area contributed by atoms with E-state index in [0.717, 1.165) is 32.7 Å². The number of piperidine rings is 1. The van der Waals surface area contributed by atoms with Crippen molar-refractivity contribution in [1.82, 2.24) is 4.90 Å². The molecule has 0 bridgehead atoms. The molecule has 0 aliphatic carbocycles. The Labute approximate surface area is 87.6 Å². The standard InChI is InChI=1S/C11H24N2O/c1-4-14-8-10(3)13-6-5-11(12)9(2)7-13/h9-11H,4-8,12H2,1-3H3. The van der Waals surface area contributed by atoms with Gasteiger partial charge in [-0.3, -0.25) is 4.90 Å². The van der Waals surface area contributed by atoms with Crippen molar-refractivity contribution in [1.29, 1.82) is 0 Å². The van der Waals surface area contributed by atoms with Crippen molar-refractivity contribution < 1.29 is 4.74 Å². The molecule has 0 aromatic heterocycles. The summed E-state index contributed by atoms with van der Waals surface area (Å²) in [5, 5.41) is 0. The summed E-state index contributed by atoms with van der Waals surface area (Å²) in [6.07, 6.45) is 1.12. The van der Waals surface area contributed by atoms with Crippen LogP contribution < -0.4 is 5.73 Å². The first-order valence-electron chi connectivity index (χ1n) is 5.72. The molecule has 84 valence electrons. The van der Waals surface area contributed by atoms with Gasteiger partial charge in [0.2, 0.25) is 0 Å². The van der Waals surface area contributed by atoms with E-state index in [4.69, 9.17) is 10.5 Å². The minimum absolute atomic E-state index is 0.394. The molecule has 0 radical (unpaired) electrons. The fourth-order valence-electron chi connectivity index (χ4n) is 1.99. The van der Waals surface area contributed by atoms with Gasteiger partial charge in [-0.1, -0.05) is 6.92 Å². The third kappa shape index (κ3) is 3.23. The maximum absolute atomic E-state index is 5.98. The fraction of sp³-hybridized carbons (Fsp3) is 1.00. The van der Waals surface area contributed by atoms with Crippen LogP contribution in [0.25, 0.3) is 0 Å².